The zero-order valence-corrected chi connectivity index (χ0v) is 9.37. The summed E-state index contributed by atoms with van der Waals surface area (Å²) in [6.07, 6.45) is -0.546. The van der Waals surface area contributed by atoms with Crippen LogP contribution in [0.15, 0.2) is 6.07 Å². The van der Waals surface area contributed by atoms with Crippen LogP contribution in [0.2, 0.25) is 0 Å². The molecule has 2 rings (SSSR count). The second-order valence-electron chi connectivity index (χ2n) is 4.25. The molecule has 1 aliphatic rings. The summed E-state index contributed by atoms with van der Waals surface area (Å²) in [4.78, 5) is 14.1. The lowest BCUT2D eigenvalue weighted by molar-refractivity contribution is 0.0893. The molecule has 2 unspecified atom stereocenters. The smallest absolute Gasteiger partial charge is 0.172 e. The highest BCUT2D eigenvalue weighted by molar-refractivity contribution is 7.12. The SMILES string of the molecule is Cc1cc(C(=O)C2(C)CC2F)c(C)s1. The first kappa shape index (κ1) is 9.84. The topological polar surface area (TPSA) is 17.1 Å². The van der Waals surface area contributed by atoms with Crippen LogP contribution in [0.1, 0.15) is 33.5 Å². The molecule has 1 fully saturated rings. The first-order chi connectivity index (χ1) is 6.45. The van der Waals surface area contributed by atoms with Crippen LogP contribution in [-0.4, -0.2) is 12.0 Å². The molecular formula is C11H13FOS. The van der Waals surface area contributed by atoms with Crippen LogP contribution in [0.3, 0.4) is 0 Å². The fraction of sp³-hybridized carbons (Fsp3) is 0.545. The third-order valence-electron chi connectivity index (χ3n) is 2.94. The van der Waals surface area contributed by atoms with Gasteiger partial charge in [0.2, 0.25) is 0 Å². The van der Waals surface area contributed by atoms with E-state index in [9.17, 15) is 9.18 Å². The fourth-order valence-corrected chi connectivity index (χ4v) is 2.63. The lowest BCUT2D eigenvalue weighted by atomic mass is 9.97. The molecule has 1 aromatic rings. The Morgan fingerprint density at radius 3 is 2.57 bits per heavy atom. The van der Waals surface area contributed by atoms with Crippen molar-refractivity contribution in [1.82, 2.24) is 0 Å². The maximum Gasteiger partial charge on any atom is 0.172 e. The summed E-state index contributed by atoms with van der Waals surface area (Å²) < 4.78 is 13.0. The lowest BCUT2D eigenvalue weighted by Gasteiger charge is -2.05. The molecule has 2 atom stereocenters. The number of alkyl halides is 1. The first-order valence-electron chi connectivity index (χ1n) is 4.71. The van der Waals surface area contributed by atoms with Crippen LogP contribution in [0.5, 0.6) is 0 Å². The van der Waals surface area contributed by atoms with Crippen LogP contribution in [0.4, 0.5) is 4.39 Å². The third kappa shape index (κ3) is 1.31. The molecule has 76 valence electrons. The van der Waals surface area contributed by atoms with Crippen LogP contribution in [0.25, 0.3) is 0 Å². The molecule has 0 N–H and O–H groups in total. The maximum atomic E-state index is 13.0. The van der Waals surface area contributed by atoms with E-state index in [1.54, 1.807) is 18.3 Å². The van der Waals surface area contributed by atoms with Gasteiger partial charge >= 0.3 is 0 Å². The van der Waals surface area contributed by atoms with Gasteiger partial charge < -0.3 is 0 Å². The van der Waals surface area contributed by atoms with Crippen molar-refractivity contribution in [3.05, 3.63) is 21.4 Å². The van der Waals surface area contributed by atoms with E-state index >= 15 is 0 Å². The van der Waals surface area contributed by atoms with Gasteiger partial charge in [-0.3, -0.25) is 4.79 Å². The van der Waals surface area contributed by atoms with Gasteiger partial charge in [0.25, 0.3) is 0 Å². The van der Waals surface area contributed by atoms with Crippen molar-refractivity contribution in [2.24, 2.45) is 5.41 Å². The predicted molar refractivity (Wildman–Crippen MR) is 55.7 cm³/mol. The van der Waals surface area contributed by atoms with E-state index < -0.39 is 11.6 Å². The van der Waals surface area contributed by atoms with Gasteiger partial charge in [0.15, 0.2) is 5.78 Å². The Bertz CT molecular complexity index is 396. The molecule has 0 bridgehead atoms. The van der Waals surface area contributed by atoms with Crippen molar-refractivity contribution in [2.75, 3.05) is 0 Å². The molecule has 0 radical (unpaired) electrons. The molecule has 1 aliphatic carbocycles. The highest BCUT2D eigenvalue weighted by atomic mass is 32.1. The standard InChI is InChI=1S/C11H13FOS/c1-6-4-8(7(2)14-6)10(13)11(3)5-9(11)12/h4,9H,5H2,1-3H3. The molecule has 0 aliphatic heterocycles. The van der Waals surface area contributed by atoms with Gasteiger partial charge in [-0.2, -0.15) is 0 Å². The van der Waals surface area contributed by atoms with Gasteiger partial charge in [0.05, 0.1) is 5.41 Å². The average molecular weight is 212 g/mol. The predicted octanol–water partition coefficient (Wildman–Crippen LogP) is 3.30. The zero-order chi connectivity index (χ0) is 10.5. The number of carbonyl (C=O) groups excluding carboxylic acids is 1. The molecule has 0 aromatic carbocycles. The number of hydrogen-bond donors (Lipinski definition) is 0. The Hall–Kier alpha value is -0.700. The second kappa shape index (κ2) is 2.89. The normalized spacial score (nSPS) is 30.4. The van der Waals surface area contributed by atoms with Gasteiger partial charge in [0, 0.05) is 15.3 Å². The Balaban J connectivity index is 2.33. The number of Topliss-reactive ketones (excluding diaryl/α,β-unsaturated/α-hetero) is 1. The van der Waals surface area contributed by atoms with E-state index in [1.165, 1.54) is 0 Å². The highest BCUT2D eigenvalue weighted by Gasteiger charge is 2.57. The van der Waals surface area contributed by atoms with Crippen LogP contribution >= 0.6 is 11.3 Å². The monoisotopic (exact) mass is 212 g/mol. The molecule has 0 amide bonds. The molecule has 3 heteroatoms. The Morgan fingerprint density at radius 1 is 1.64 bits per heavy atom. The first-order valence-corrected chi connectivity index (χ1v) is 5.52. The van der Waals surface area contributed by atoms with Gasteiger partial charge in [-0.1, -0.05) is 0 Å². The van der Waals surface area contributed by atoms with E-state index in [0.717, 1.165) is 15.3 Å². The molecule has 1 heterocycles. The third-order valence-corrected chi connectivity index (χ3v) is 3.90. The minimum absolute atomic E-state index is 0.0214. The number of carbonyl (C=O) groups is 1. The molecule has 1 nitrogen and oxygen atoms in total. The van der Waals surface area contributed by atoms with Crippen molar-refractivity contribution in [2.45, 2.75) is 33.4 Å². The number of thiophene rings is 1. The van der Waals surface area contributed by atoms with Crippen molar-refractivity contribution < 1.29 is 9.18 Å². The summed E-state index contributed by atoms with van der Waals surface area (Å²) in [5, 5.41) is 0. The fourth-order valence-electron chi connectivity index (χ4n) is 1.71. The van der Waals surface area contributed by atoms with Crippen LogP contribution in [0, 0.1) is 19.3 Å². The van der Waals surface area contributed by atoms with Crippen molar-refractivity contribution in [3.8, 4) is 0 Å². The van der Waals surface area contributed by atoms with Gasteiger partial charge in [0.1, 0.15) is 6.17 Å². The number of ketones is 1. The zero-order valence-electron chi connectivity index (χ0n) is 8.56. The van der Waals surface area contributed by atoms with Crippen molar-refractivity contribution >= 4 is 17.1 Å². The maximum absolute atomic E-state index is 13.0. The summed E-state index contributed by atoms with van der Waals surface area (Å²) in [5.74, 6) is -0.0214. The number of rotatable bonds is 2. The van der Waals surface area contributed by atoms with E-state index in [2.05, 4.69) is 0 Å². The highest BCUT2D eigenvalue weighted by Crippen LogP contribution is 2.51. The summed E-state index contributed by atoms with van der Waals surface area (Å²) in [6.45, 7) is 5.60. The van der Waals surface area contributed by atoms with E-state index in [4.69, 9.17) is 0 Å². The number of hydrogen-bond acceptors (Lipinski definition) is 2. The minimum Gasteiger partial charge on any atom is -0.293 e. The molecule has 0 spiro atoms. The quantitative estimate of drug-likeness (QED) is 0.687. The summed E-state index contributed by atoms with van der Waals surface area (Å²) in [6, 6.07) is 1.87. The minimum atomic E-state index is -0.936. The van der Waals surface area contributed by atoms with E-state index in [1.807, 2.05) is 19.9 Å². The molecule has 0 saturated heterocycles. The van der Waals surface area contributed by atoms with Crippen molar-refractivity contribution in [1.29, 1.82) is 0 Å². The summed E-state index contributed by atoms with van der Waals surface area (Å²) in [5.41, 5.74) is -0.00620. The number of aryl methyl sites for hydroxylation is 2. The van der Waals surface area contributed by atoms with Gasteiger partial charge in [-0.05, 0) is 33.3 Å². The van der Waals surface area contributed by atoms with Crippen LogP contribution < -0.4 is 0 Å². The van der Waals surface area contributed by atoms with Crippen LogP contribution in [-0.2, 0) is 0 Å². The van der Waals surface area contributed by atoms with Crippen molar-refractivity contribution in [3.63, 3.8) is 0 Å². The largest absolute Gasteiger partial charge is 0.293 e. The van der Waals surface area contributed by atoms with E-state index in [-0.39, 0.29) is 5.78 Å². The van der Waals surface area contributed by atoms with Gasteiger partial charge in [-0.25, -0.2) is 4.39 Å². The van der Waals surface area contributed by atoms with E-state index in [0.29, 0.717) is 6.42 Å². The molecule has 14 heavy (non-hydrogen) atoms. The molecular weight excluding hydrogens is 199 g/mol. The van der Waals surface area contributed by atoms with Gasteiger partial charge in [-0.15, -0.1) is 11.3 Å². The number of halogens is 1. The Kier molecular flexibility index (Phi) is 2.03. The second-order valence-corrected chi connectivity index (χ2v) is 5.71. The summed E-state index contributed by atoms with van der Waals surface area (Å²) >= 11 is 1.60. The molecule has 1 aromatic heterocycles. The average Bonchev–Trinajstić information content (AvgIpc) is 2.54. The Morgan fingerprint density at radius 2 is 2.21 bits per heavy atom. The Labute approximate surface area is 86.9 Å². The summed E-state index contributed by atoms with van der Waals surface area (Å²) in [7, 11) is 0. The molecule has 1 saturated carbocycles. The lowest BCUT2D eigenvalue weighted by Crippen LogP contribution is -2.15.